The van der Waals surface area contributed by atoms with Gasteiger partial charge in [-0.15, -0.1) is 0 Å². The molecule has 4 N–H and O–H groups in total. The van der Waals surface area contributed by atoms with E-state index in [1.807, 2.05) is 68.1 Å². The Labute approximate surface area is 385 Å². The van der Waals surface area contributed by atoms with Crippen molar-refractivity contribution >= 4 is 54.7 Å². The van der Waals surface area contributed by atoms with Gasteiger partial charge in [-0.05, 0) is 82.6 Å². The zero-order valence-corrected chi connectivity index (χ0v) is 38.7. The van der Waals surface area contributed by atoms with Gasteiger partial charge in [-0.2, -0.15) is 10.5 Å². The van der Waals surface area contributed by atoms with Gasteiger partial charge in [-0.1, -0.05) is 46.9 Å². The number of aryl methyl sites for hydroxylation is 3. The molecule has 330 valence electrons. The van der Waals surface area contributed by atoms with Crippen molar-refractivity contribution in [2.75, 3.05) is 37.4 Å². The van der Waals surface area contributed by atoms with Crippen molar-refractivity contribution in [2.45, 2.75) is 40.2 Å². The van der Waals surface area contributed by atoms with Crippen molar-refractivity contribution in [3.8, 4) is 61.4 Å². The molecule has 0 aliphatic carbocycles. The lowest BCUT2D eigenvalue weighted by Gasteiger charge is -2.38. The Hall–Kier alpha value is -7.29. The minimum atomic E-state index is -2.95. The molecule has 0 unspecified atom stereocenters. The summed E-state index contributed by atoms with van der Waals surface area (Å²) in [4.78, 5) is 48.5. The van der Waals surface area contributed by atoms with E-state index in [9.17, 15) is 24.3 Å². The Morgan fingerprint density at radius 3 is 1.78 bits per heavy atom. The largest absolute Gasteiger partial charge is 0.481 e. The molecule has 6 aromatic rings. The highest BCUT2D eigenvalue weighted by Crippen LogP contribution is 2.42. The van der Waals surface area contributed by atoms with Crippen LogP contribution in [-0.4, -0.2) is 78.3 Å². The Morgan fingerprint density at radius 2 is 1.28 bits per heavy atom. The molecule has 4 aromatic heterocycles. The summed E-state index contributed by atoms with van der Waals surface area (Å²) in [7, 11) is -1.42. The first-order valence-corrected chi connectivity index (χ1v) is 23.4. The number of carbonyl (C=O) groups excluding carboxylic acids is 2. The van der Waals surface area contributed by atoms with Crippen LogP contribution in [0.5, 0.6) is 5.88 Å². The van der Waals surface area contributed by atoms with Crippen LogP contribution in [-0.2, 0) is 9.73 Å². The molecule has 8 rings (SSSR count). The fourth-order valence-corrected chi connectivity index (χ4v) is 9.67. The molecule has 2 aliphatic heterocycles. The van der Waals surface area contributed by atoms with Gasteiger partial charge in [-0.3, -0.25) is 20.5 Å². The molecule has 6 heterocycles. The Bertz CT molecular complexity index is 3030. The number of anilines is 2. The fraction of sp³-hybridized carbons (Fsp3) is 0.217. The number of hydrogen-bond donors (Lipinski definition) is 4. The maximum absolute atomic E-state index is 13.0. The lowest BCUT2D eigenvalue weighted by atomic mass is 10.0. The van der Waals surface area contributed by atoms with Crippen LogP contribution >= 0.6 is 22.7 Å². The number of hydrogen-bond acceptors (Lipinski definition) is 14. The van der Waals surface area contributed by atoms with E-state index in [1.54, 1.807) is 30.3 Å². The van der Waals surface area contributed by atoms with E-state index in [0.29, 0.717) is 46.1 Å². The van der Waals surface area contributed by atoms with Crippen LogP contribution < -0.4 is 20.7 Å². The van der Waals surface area contributed by atoms with Crippen LogP contribution in [0.15, 0.2) is 96.0 Å². The number of amides is 4. The topological polar surface area (TPSA) is 226 Å². The summed E-state index contributed by atoms with van der Waals surface area (Å²) in [5, 5.41) is 31.0. The van der Waals surface area contributed by atoms with E-state index >= 15 is 0 Å². The summed E-state index contributed by atoms with van der Waals surface area (Å²) < 4.78 is 24.5. The van der Waals surface area contributed by atoms with Gasteiger partial charge in [0.2, 0.25) is 5.88 Å². The van der Waals surface area contributed by atoms with Gasteiger partial charge in [0, 0.05) is 88.2 Å². The molecule has 0 radical (unpaired) electrons. The molecule has 4 amide bonds. The number of nitrogens with zero attached hydrogens (tertiary/aromatic N) is 8. The van der Waals surface area contributed by atoms with Crippen molar-refractivity contribution in [2.24, 2.45) is 0 Å². The van der Waals surface area contributed by atoms with Crippen molar-refractivity contribution < 1.29 is 18.5 Å². The molecule has 65 heavy (non-hydrogen) atoms. The average molecular weight is 925 g/mol. The van der Waals surface area contributed by atoms with E-state index < -0.39 is 15.8 Å². The summed E-state index contributed by atoms with van der Waals surface area (Å²) >= 11 is 2.70. The summed E-state index contributed by atoms with van der Waals surface area (Å²) in [6.07, 6.45) is 2.57. The number of ether oxygens (including phenoxy) is 1. The van der Waals surface area contributed by atoms with E-state index in [2.05, 4.69) is 56.9 Å². The highest BCUT2D eigenvalue weighted by molar-refractivity contribution is 7.98. The van der Waals surface area contributed by atoms with E-state index in [0.717, 1.165) is 72.1 Å². The van der Waals surface area contributed by atoms with Gasteiger partial charge in [0.15, 0.2) is 10.3 Å². The molecule has 1 fully saturated rings. The number of thiazole rings is 2. The monoisotopic (exact) mass is 924 g/mol. The van der Waals surface area contributed by atoms with E-state index in [-0.39, 0.29) is 11.6 Å². The highest BCUT2D eigenvalue weighted by atomic mass is 32.2. The number of nitriles is 2. The van der Waals surface area contributed by atoms with Crippen LogP contribution in [0, 0.1) is 48.2 Å². The third-order valence-corrected chi connectivity index (χ3v) is 13.0. The number of methoxy groups -OCH3 is 1. The summed E-state index contributed by atoms with van der Waals surface area (Å²) in [5.41, 5.74) is 8.22. The molecule has 0 saturated carbocycles. The first kappa shape index (κ1) is 45.7. The molecular formula is C46H44N12O4S3. The normalized spacial score (nSPS) is 14.6. The molecule has 1 saturated heterocycles. The third-order valence-electron chi connectivity index (χ3n) is 9.90. The van der Waals surface area contributed by atoms with E-state index in [4.69, 9.17) is 14.5 Å². The molecule has 0 bridgehead atoms. The SMILES string of the molecule is COc1cc(-c2sc(NC(=O)N3C=CS(=N)(=O)C=C3)nc2-c2cccc(C#N)c2)cc(C)n1.Cc1cc(-c2sc(NC(=O)N3CCNC(C)(C)C3)nc2-c2cccc(C#N)c2)cc(C)n1. The van der Waals surface area contributed by atoms with Gasteiger partial charge >= 0.3 is 12.1 Å². The Balaban J connectivity index is 0.000000194. The number of aromatic nitrogens is 4. The van der Waals surface area contributed by atoms with Crippen LogP contribution in [0.4, 0.5) is 19.9 Å². The van der Waals surface area contributed by atoms with Gasteiger partial charge in [0.1, 0.15) is 0 Å². The number of pyridine rings is 2. The van der Waals surface area contributed by atoms with Crippen molar-refractivity contribution in [1.29, 1.82) is 15.3 Å². The number of rotatable bonds is 7. The first-order chi connectivity index (χ1) is 31.0. The van der Waals surface area contributed by atoms with Crippen LogP contribution in [0.1, 0.15) is 42.1 Å². The molecular weight excluding hydrogens is 881 g/mol. The summed E-state index contributed by atoms with van der Waals surface area (Å²) in [5.74, 6) is 0.447. The highest BCUT2D eigenvalue weighted by Gasteiger charge is 2.29. The van der Waals surface area contributed by atoms with Gasteiger partial charge < -0.3 is 15.0 Å². The van der Waals surface area contributed by atoms with Gasteiger partial charge in [0.25, 0.3) is 0 Å². The second kappa shape index (κ2) is 19.2. The van der Waals surface area contributed by atoms with Crippen LogP contribution in [0.2, 0.25) is 0 Å². The van der Waals surface area contributed by atoms with Crippen molar-refractivity contribution in [3.05, 3.63) is 124 Å². The molecule has 2 aromatic carbocycles. The smallest absolute Gasteiger partial charge is 0.331 e. The number of urea groups is 2. The second-order valence-electron chi connectivity index (χ2n) is 15.7. The predicted octanol–water partition coefficient (Wildman–Crippen LogP) is 9.47. The fourth-order valence-electron chi connectivity index (χ4n) is 7.02. The first-order valence-electron chi connectivity index (χ1n) is 20.1. The Morgan fingerprint density at radius 1 is 0.769 bits per heavy atom. The Kier molecular flexibility index (Phi) is 13.5. The number of carbonyl (C=O) groups is 2. The number of nitrogens with one attached hydrogen (secondary N) is 4. The molecule has 2 aliphatic rings. The maximum Gasteiger partial charge on any atom is 0.331 e. The summed E-state index contributed by atoms with van der Waals surface area (Å²) in [6.45, 7) is 12.0. The zero-order chi connectivity index (χ0) is 46.5. The molecule has 19 heteroatoms. The molecule has 0 atom stereocenters. The second-order valence-corrected chi connectivity index (χ2v) is 19.5. The number of benzene rings is 2. The quantitative estimate of drug-likeness (QED) is 0.118. The lowest BCUT2D eigenvalue weighted by molar-refractivity contribution is 0.165. The minimum Gasteiger partial charge on any atom is -0.481 e. The molecule has 0 spiro atoms. The summed E-state index contributed by atoms with van der Waals surface area (Å²) in [6, 6.07) is 25.8. The minimum absolute atomic E-state index is 0.126. The lowest BCUT2D eigenvalue weighted by Crippen LogP contribution is -2.59. The third kappa shape index (κ3) is 11.3. The van der Waals surface area contributed by atoms with Crippen LogP contribution in [0.25, 0.3) is 43.4 Å². The van der Waals surface area contributed by atoms with Gasteiger partial charge in [-0.25, -0.2) is 33.5 Å². The average Bonchev–Trinajstić information content (AvgIpc) is 3.90. The van der Waals surface area contributed by atoms with Crippen molar-refractivity contribution in [1.82, 2.24) is 35.1 Å². The molecule has 16 nitrogen and oxygen atoms in total. The van der Waals surface area contributed by atoms with E-state index in [1.165, 1.54) is 47.1 Å². The standard InChI is InChI=1S/C24H26N6OS.C22H18N6O3S2/c1-15-10-19(11-16(2)27-15)21-20(18-7-5-6-17(12-18)13-25)28-22(32-21)29-23(31)30-9-8-26-24(3,4)14-30;1-14-10-17(12-18(25-14)31-2)20-19(16-5-3-4-15(11-16)13-23)26-21(32-20)27-22(29)28-6-8-33(24,30)9-7-28/h5-7,10-12,26H,8-9,14H2,1-4H3,(H,28,29,31);3-12,24H,1-2H3,(H,26,27,29). The van der Waals surface area contributed by atoms with Crippen LogP contribution in [0.3, 0.4) is 0 Å². The van der Waals surface area contributed by atoms with Gasteiger partial charge in [0.05, 0.1) is 61.2 Å². The number of piperazine rings is 1. The zero-order valence-electron chi connectivity index (χ0n) is 36.3. The maximum atomic E-state index is 13.0. The van der Waals surface area contributed by atoms with Crippen molar-refractivity contribution in [3.63, 3.8) is 0 Å². The predicted molar refractivity (Wildman–Crippen MR) is 254 cm³/mol.